The summed E-state index contributed by atoms with van der Waals surface area (Å²) in [5.41, 5.74) is 4.56. The Morgan fingerprint density at radius 1 is 1.00 bits per heavy atom. The van der Waals surface area contributed by atoms with Crippen molar-refractivity contribution in [3.05, 3.63) is 64.7 Å². The molecule has 2 aromatic carbocycles. The minimum atomic E-state index is -0.538. The second-order valence-corrected chi connectivity index (χ2v) is 6.12. The van der Waals surface area contributed by atoms with Gasteiger partial charge in [0.25, 0.3) is 5.91 Å². The number of para-hydroxylation sites is 1. The molecule has 1 N–H and O–H groups in total. The lowest BCUT2D eigenvalue weighted by molar-refractivity contribution is -0.127. The quantitative estimate of drug-likeness (QED) is 0.896. The van der Waals surface area contributed by atoms with Crippen LogP contribution in [0.2, 0.25) is 0 Å². The summed E-state index contributed by atoms with van der Waals surface area (Å²) in [6.45, 7) is 9.88. The molecule has 0 aromatic heterocycles. The maximum absolute atomic E-state index is 12.4. The Labute approximate surface area is 138 Å². The Balaban J connectivity index is 2.01. The van der Waals surface area contributed by atoms with E-state index in [4.69, 9.17) is 4.74 Å². The van der Waals surface area contributed by atoms with E-state index in [1.807, 2.05) is 38.1 Å². The highest BCUT2D eigenvalue weighted by Gasteiger charge is 2.19. The topological polar surface area (TPSA) is 38.3 Å². The van der Waals surface area contributed by atoms with Gasteiger partial charge in [-0.2, -0.15) is 0 Å². The Morgan fingerprint density at radius 3 is 2.35 bits per heavy atom. The molecular formula is C20H25NO2. The highest BCUT2D eigenvalue weighted by Crippen LogP contribution is 2.20. The van der Waals surface area contributed by atoms with Crippen LogP contribution in [0.15, 0.2) is 42.5 Å². The van der Waals surface area contributed by atoms with E-state index in [-0.39, 0.29) is 11.9 Å². The maximum atomic E-state index is 12.4. The van der Waals surface area contributed by atoms with Crippen molar-refractivity contribution in [3.63, 3.8) is 0 Å². The van der Waals surface area contributed by atoms with Gasteiger partial charge in [0.15, 0.2) is 6.10 Å². The molecule has 0 saturated carbocycles. The van der Waals surface area contributed by atoms with E-state index in [0.717, 1.165) is 16.9 Å². The van der Waals surface area contributed by atoms with E-state index in [1.54, 1.807) is 6.92 Å². The molecule has 0 aliphatic rings. The van der Waals surface area contributed by atoms with Crippen LogP contribution in [-0.4, -0.2) is 12.0 Å². The smallest absolute Gasteiger partial charge is 0.261 e. The van der Waals surface area contributed by atoms with Gasteiger partial charge in [-0.1, -0.05) is 42.0 Å². The van der Waals surface area contributed by atoms with Crippen molar-refractivity contribution in [2.75, 3.05) is 0 Å². The van der Waals surface area contributed by atoms with Crippen molar-refractivity contribution in [3.8, 4) is 5.75 Å². The molecule has 0 bridgehead atoms. The molecule has 0 radical (unpaired) electrons. The summed E-state index contributed by atoms with van der Waals surface area (Å²) in [5.74, 6) is 0.634. The maximum Gasteiger partial charge on any atom is 0.261 e. The highest BCUT2D eigenvalue weighted by atomic mass is 16.5. The van der Waals surface area contributed by atoms with E-state index in [2.05, 4.69) is 37.4 Å². The van der Waals surface area contributed by atoms with E-state index in [9.17, 15) is 4.79 Å². The van der Waals surface area contributed by atoms with Crippen molar-refractivity contribution in [1.82, 2.24) is 5.32 Å². The van der Waals surface area contributed by atoms with Crippen molar-refractivity contribution in [1.29, 1.82) is 0 Å². The zero-order valence-electron chi connectivity index (χ0n) is 14.5. The number of ether oxygens (including phenoxy) is 1. The summed E-state index contributed by atoms with van der Waals surface area (Å²) in [5, 5.41) is 3.03. The fourth-order valence-corrected chi connectivity index (χ4v) is 2.65. The number of hydrogen-bond donors (Lipinski definition) is 1. The molecule has 0 spiro atoms. The van der Waals surface area contributed by atoms with Crippen LogP contribution in [0.25, 0.3) is 0 Å². The molecule has 0 heterocycles. The largest absolute Gasteiger partial charge is 0.481 e. The van der Waals surface area contributed by atoms with Crippen molar-refractivity contribution >= 4 is 5.91 Å². The fourth-order valence-electron chi connectivity index (χ4n) is 2.65. The number of amides is 1. The predicted molar refractivity (Wildman–Crippen MR) is 93.7 cm³/mol. The van der Waals surface area contributed by atoms with Gasteiger partial charge in [0.1, 0.15) is 5.75 Å². The van der Waals surface area contributed by atoms with Gasteiger partial charge in [-0.05, 0) is 57.4 Å². The Bertz CT molecular complexity index is 694. The van der Waals surface area contributed by atoms with Crippen LogP contribution < -0.4 is 10.1 Å². The Morgan fingerprint density at radius 2 is 1.70 bits per heavy atom. The molecule has 0 aliphatic heterocycles. The van der Waals surface area contributed by atoms with Crippen molar-refractivity contribution in [2.24, 2.45) is 0 Å². The monoisotopic (exact) mass is 311 g/mol. The van der Waals surface area contributed by atoms with Crippen molar-refractivity contribution < 1.29 is 9.53 Å². The molecule has 0 aliphatic carbocycles. The Kier molecular flexibility index (Phi) is 5.43. The van der Waals surface area contributed by atoms with E-state index in [1.165, 1.54) is 11.1 Å². The van der Waals surface area contributed by atoms with Gasteiger partial charge in [0, 0.05) is 0 Å². The van der Waals surface area contributed by atoms with Crippen molar-refractivity contribution in [2.45, 2.75) is 46.8 Å². The van der Waals surface area contributed by atoms with E-state index in [0.29, 0.717) is 0 Å². The third-order valence-corrected chi connectivity index (χ3v) is 4.02. The molecular weight excluding hydrogens is 286 g/mol. The van der Waals surface area contributed by atoms with Gasteiger partial charge < -0.3 is 10.1 Å². The molecule has 3 nitrogen and oxygen atoms in total. The first-order chi connectivity index (χ1) is 10.9. The first-order valence-electron chi connectivity index (χ1n) is 7.98. The summed E-state index contributed by atoms with van der Waals surface area (Å²) < 4.78 is 5.78. The SMILES string of the molecule is Cc1ccc([C@@H](C)NC(=O)[C@@H](C)Oc2ccccc2C)c(C)c1. The number of nitrogens with one attached hydrogen (secondary N) is 1. The van der Waals surface area contributed by atoms with Gasteiger partial charge in [0.05, 0.1) is 6.04 Å². The number of benzene rings is 2. The van der Waals surface area contributed by atoms with Crippen LogP contribution >= 0.6 is 0 Å². The number of hydrogen-bond acceptors (Lipinski definition) is 2. The second kappa shape index (κ2) is 7.32. The molecule has 2 rings (SSSR count). The predicted octanol–water partition coefficient (Wildman–Crippen LogP) is 4.26. The lowest BCUT2D eigenvalue weighted by Crippen LogP contribution is -2.38. The second-order valence-electron chi connectivity index (χ2n) is 6.12. The van der Waals surface area contributed by atoms with Gasteiger partial charge in [-0.25, -0.2) is 0 Å². The van der Waals surface area contributed by atoms with E-state index < -0.39 is 6.10 Å². The normalized spacial score (nSPS) is 13.3. The van der Waals surface area contributed by atoms with Gasteiger partial charge >= 0.3 is 0 Å². The zero-order valence-corrected chi connectivity index (χ0v) is 14.5. The number of rotatable bonds is 5. The van der Waals surface area contributed by atoms with Crippen LogP contribution in [0.3, 0.4) is 0 Å². The molecule has 122 valence electrons. The average molecular weight is 311 g/mol. The van der Waals surface area contributed by atoms with Gasteiger partial charge in [0.2, 0.25) is 0 Å². The molecule has 2 atom stereocenters. The van der Waals surface area contributed by atoms with Crippen LogP contribution in [0.1, 0.15) is 42.1 Å². The summed E-state index contributed by atoms with van der Waals surface area (Å²) in [6, 6.07) is 13.9. The summed E-state index contributed by atoms with van der Waals surface area (Å²) in [7, 11) is 0. The molecule has 1 amide bonds. The lowest BCUT2D eigenvalue weighted by atomic mass is 10.00. The minimum absolute atomic E-state index is 0.0500. The summed E-state index contributed by atoms with van der Waals surface area (Å²) >= 11 is 0. The molecule has 2 aromatic rings. The van der Waals surface area contributed by atoms with Gasteiger partial charge in [-0.15, -0.1) is 0 Å². The van der Waals surface area contributed by atoms with Crippen LogP contribution in [0, 0.1) is 20.8 Å². The molecule has 0 fully saturated rings. The number of aryl methyl sites for hydroxylation is 3. The first kappa shape index (κ1) is 17.1. The van der Waals surface area contributed by atoms with Crippen LogP contribution in [0.4, 0.5) is 0 Å². The third-order valence-electron chi connectivity index (χ3n) is 4.02. The van der Waals surface area contributed by atoms with Gasteiger partial charge in [-0.3, -0.25) is 4.79 Å². The highest BCUT2D eigenvalue weighted by molar-refractivity contribution is 5.81. The van der Waals surface area contributed by atoms with Crippen LogP contribution in [0.5, 0.6) is 5.75 Å². The summed E-state index contributed by atoms with van der Waals surface area (Å²) in [4.78, 5) is 12.4. The third kappa shape index (κ3) is 4.35. The Hall–Kier alpha value is -2.29. The zero-order chi connectivity index (χ0) is 17.0. The van der Waals surface area contributed by atoms with Crippen LogP contribution in [-0.2, 0) is 4.79 Å². The fraction of sp³-hybridized carbons (Fsp3) is 0.350. The minimum Gasteiger partial charge on any atom is -0.481 e. The number of carbonyl (C=O) groups excluding carboxylic acids is 1. The average Bonchev–Trinajstić information content (AvgIpc) is 2.49. The molecule has 0 unspecified atom stereocenters. The number of carbonyl (C=O) groups is 1. The molecule has 3 heteroatoms. The standard InChI is InChI=1S/C20H25NO2/c1-13-10-11-18(15(3)12-13)16(4)21-20(22)17(5)23-19-9-7-6-8-14(19)2/h6-12,16-17H,1-5H3,(H,21,22)/t16-,17-/m1/s1. The first-order valence-corrected chi connectivity index (χ1v) is 7.98. The summed E-state index contributed by atoms with van der Waals surface area (Å²) in [6.07, 6.45) is -0.538. The van der Waals surface area contributed by atoms with E-state index >= 15 is 0 Å². The lowest BCUT2D eigenvalue weighted by Gasteiger charge is -2.21. The molecule has 23 heavy (non-hydrogen) atoms. The molecule has 0 saturated heterocycles.